The van der Waals surface area contributed by atoms with Gasteiger partial charge in [0.25, 0.3) is 5.78 Å². The number of carbonyl (C=O) groups excluding carboxylic acids is 2. The lowest BCUT2D eigenvalue weighted by molar-refractivity contribution is -0.149. The maximum atomic E-state index is 11.7. The van der Waals surface area contributed by atoms with Gasteiger partial charge in [-0.3, -0.25) is 14.8 Å². The van der Waals surface area contributed by atoms with E-state index < -0.39 is 17.8 Å². The van der Waals surface area contributed by atoms with Gasteiger partial charge in [-0.1, -0.05) is 29.8 Å². The fraction of sp³-hybridized carbons (Fsp3) is 0.333. The highest BCUT2D eigenvalue weighted by Gasteiger charge is 2.26. The third-order valence-corrected chi connectivity index (χ3v) is 2.28. The molecule has 92 valence electrons. The van der Waals surface area contributed by atoms with E-state index in [4.69, 9.17) is 9.94 Å². The largest absolute Gasteiger partial charge is 0.365 e. The van der Waals surface area contributed by atoms with Crippen LogP contribution in [0.15, 0.2) is 24.3 Å². The molecule has 0 aromatic heterocycles. The Labute approximate surface area is 99.4 Å². The fourth-order valence-corrected chi connectivity index (χ4v) is 1.41. The molecule has 0 heterocycles. The molecular formula is C12H15NO4. The molecule has 1 rings (SSSR count). The topological polar surface area (TPSA) is 75.6 Å². The van der Waals surface area contributed by atoms with Crippen molar-refractivity contribution in [1.29, 1.82) is 0 Å². The van der Waals surface area contributed by atoms with Crippen LogP contribution < -0.4 is 5.48 Å². The second kappa shape index (κ2) is 6.12. The van der Waals surface area contributed by atoms with Crippen molar-refractivity contribution in [2.24, 2.45) is 0 Å². The zero-order chi connectivity index (χ0) is 12.8. The van der Waals surface area contributed by atoms with Gasteiger partial charge in [-0.2, -0.15) is 0 Å². The molecule has 0 spiro atoms. The molecule has 1 atom stereocenters. The quantitative estimate of drug-likeness (QED) is 0.457. The molecule has 2 N–H and O–H groups in total. The van der Waals surface area contributed by atoms with Gasteiger partial charge >= 0.3 is 5.91 Å². The Hall–Kier alpha value is -1.72. The van der Waals surface area contributed by atoms with Crippen LogP contribution in [0.1, 0.15) is 24.2 Å². The molecule has 1 aromatic rings. The summed E-state index contributed by atoms with van der Waals surface area (Å²) in [5.74, 6) is -1.90. The lowest BCUT2D eigenvalue weighted by atomic mass is 10.0. The SMILES string of the molecule is CCOC(C(=O)C(=O)NO)c1ccc(C)cc1. The number of ketones is 1. The predicted molar refractivity (Wildman–Crippen MR) is 60.5 cm³/mol. The van der Waals surface area contributed by atoms with Crippen molar-refractivity contribution in [3.8, 4) is 0 Å². The van der Waals surface area contributed by atoms with E-state index in [9.17, 15) is 9.59 Å². The van der Waals surface area contributed by atoms with Crippen molar-refractivity contribution in [3.05, 3.63) is 35.4 Å². The van der Waals surface area contributed by atoms with Crippen LogP contribution >= 0.6 is 0 Å². The van der Waals surface area contributed by atoms with E-state index in [-0.39, 0.29) is 0 Å². The number of rotatable bonds is 5. The molecule has 5 nitrogen and oxygen atoms in total. The molecule has 1 unspecified atom stereocenters. The van der Waals surface area contributed by atoms with Crippen LogP contribution in [0.5, 0.6) is 0 Å². The van der Waals surface area contributed by atoms with Crippen LogP contribution in [0.4, 0.5) is 0 Å². The number of nitrogens with one attached hydrogen (secondary N) is 1. The van der Waals surface area contributed by atoms with Gasteiger partial charge in [0.1, 0.15) is 0 Å². The molecule has 0 aliphatic carbocycles. The lowest BCUT2D eigenvalue weighted by Gasteiger charge is -2.15. The summed E-state index contributed by atoms with van der Waals surface area (Å²) in [6, 6.07) is 7.09. The van der Waals surface area contributed by atoms with E-state index in [1.54, 1.807) is 19.1 Å². The van der Waals surface area contributed by atoms with Crippen LogP contribution in [0.2, 0.25) is 0 Å². The van der Waals surface area contributed by atoms with Gasteiger partial charge < -0.3 is 4.74 Å². The number of benzene rings is 1. The summed E-state index contributed by atoms with van der Waals surface area (Å²) in [7, 11) is 0. The van der Waals surface area contributed by atoms with Crippen LogP contribution in [-0.4, -0.2) is 23.5 Å². The Balaban J connectivity index is 2.96. The number of ether oxygens (including phenoxy) is 1. The van der Waals surface area contributed by atoms with E-state index in [0.717, 1.165) is 5.56 Å². The van der Waals surface area contributed by atoms with Gasteiger partial charge in [-0.25, -0.2) is 5.48 Å². The Morgan fingerprint density at radius 3 is 2.41 bits per heavy atom. The van der Waals surface area contributed by atoms with Gasteiger partial charge in [0, 0.05) is 6.61 Å². The summed E-state index contributed by atoms with van der Waals surface area (Å²) in [6.07, 6.45) is -0.979. The van der Waals surface area contributed by atoms with Gasteiger partial charge in [0.15, 0.2) is 6.10 Å². The summed E-state index contributed by atoms with van der Waals surface area (Å²) in [4.78, 5) is 22.7. The Kier molecular flexibility index (Phi) is 4.81. The molecule has 0 saturated heterocycles. The van der Waals surface area contributed by atoms with Crippen molar-refractivity contribution in [3.63, 3.8) is 0 Å². The second-order valence-electron chi connectivity index (χ2n) is 3.55. The molecule has 0 radical (unpaired) electrons. The molecule has 0 fully saturated rings. The maximum Gasteiger partial charge on any atom is 0.313 e. The minimum absolute atomic E-state index is 0.295. The van der Waals surface area contributed by atoms with Crippen LogP contribution in [0, 0.1) is 6.92 Å². The van der Waals surface area contributed by atoms with Gasteiger partial charge in [0.2, 0.25) is 0 Å². The maximum absolute atomic E-state index is 11.7. The third-order valence-electron chi connectivity index (χ3n) is 2.28. The van der Waals surface area contributed by atoms with E-state index in [0.29, 0.717) is 12.2 Å². The van der Waals surface area contributed by atoms with Crippen molar-refractivity contribution >= 4 is 11.7 Å². The molecule has 0 bridgehead atoms. The van der Waals surface area contributed by atoms with Gasteiger partial charge in [-0.15, -0.1) is 0 Å². The summed E-state index contributed by atoms with van der Waals surface area (Å²) >= 11 is 0. The number of hydrogen-bond donors (Lipinski definition) is 2. The van der Waals surface area contributed by atoms with E-state index in [1.807, 2.05) is 19.1 Å². The molecular weight excluding hydrogens is 222 g/mol. The lowest BCUT2D eigenvalue weighted by Crippen LogP contribution is -2.33. The highest BCUT2D eigenvalue weighted by molar-refractivity contribution is 6.37. The fourth-order valence-electron chi connectivity index (χ4n) is 1.41. The van der Waals surface area contributed by atoms with Crippen molar-refractivity contribution < 1.29 is 19.5 Å². The Morgan fingerprint density at radius 1 is 1.35 bits per heavy atom. The first kappa shape index (κ1) is 13.3. The normalized spacial score (nSPS) is 11.9. The Morgan fingerprint density at radius 2 is 1.94 bits per heavy atom. The van der Waals surface area contributed by atoms with Crippen molar-refractivity contribution in [2.75, 3.05) is 6.61 Å². The zero-order valence-corrected chi connectivity index (χ0v) is 9.77. The van der Waals surface area contributed by atoms with Crippen LogP contribution in [-0.2, 0) is 14.3 Å². The number of hydroxylamine groups is 1. The average molecular weight is 237 g/mol. The molecule has 5 heteroatoms. The summed E-state index contributed by atoms with van der Waals surface area (Å²) in [6.45, 7) is 3.94. The summed E-state index contributed by atoms with van der Waals surface area (Å²) in [5.41, 5.74) is 2.95. The van der Waals surface area contributed by atoms with E-state index >= 15 is 0 Å². The zero-order valence-electron chi connectivity index (χ0n) is 9.77. The first-order valence-corrected chi connectivity index (χ1v) is 5.26. The number of hydrogen-bond acceptors (Lipinski definition) is 4. The standard InChI is InChI=1S/C12H15NO4/c1-3-17-11(10(14)12(15)13-16)9-6-4-8(2)5-7-9/h4-7,11,16H,3H2,1-2H3,(H,13,15). The first-order chi connectivity index (χ1) is 8.10. The summed E-state index contributed by atoms with van der Waals surface area (Å²) in [5, 5.41) is 8.44. The molecule has 1 aromatic carbocycles. The Bertz CT molecular complexity index is 399. The van der Waals surface area contributed by atoms with Crippen LogP contribution in [0.25, 0.3) is 0 Å². The number of Topliss-reactive ketones (excluding diaryl/α,β-unsaturated/α-hetero) is 1. The highest BCUT2D eigenvalue weighted by atomic mass is 16.5. The van der Waals surface area contributed by atoms with Crippen molar-refractivity contribution in [1.82, 2.24) is 5.48 Å². The second-order valence-corrected chi connectivity index (χ2v) is 3.55. The molecule has 17 heavy (non-hydrogen) atoms. The number of amides is 1. The molecule has 0 aliphatic rings. The van der Waals surface area contributed by atoms with Crippen LogP contribution in [0.3, 0.4) is 0 Å². The number of carbonyl (C=O) groups is 2. The monoisotopic (exact) mass is 237 g/mol. The minimum atomic E-state index is -1.08. The first-order valence-electron chi connectivity index (χ1n) is 5.26. The van der Waals surface area contributed by atoms with Crippen molar-refractivity contribution in [2.45, 2.75) is 20.0 Å². The van der Waals surface area contributed by atoms with Gasteiger partial charge in [-0.05, 0) is 19.4 Å². The summed E-state index contributed by atoms with van der Waals surface area (Å²) < 4.78 is 5.23. The minimum Gasteiger partial charge on any atom is -0.365 e. The van der Waals surface area contributed by atoms with E-state index in [2.05, 4.69) is 0 Å². The van der Waals surface area contributed by atoms with Gasteiger partial charge in [0.05, 0.1) is 0 Å². The predicted octanol–water partition coefficient (Wildman–Crippen LogP) is 1.15. The van der Waals surface area contributed by atoms with E-state index in [1.165, 1.54) is 5.48 Å². The number of aryl methyl sites for hydroxylation is 1. The third kappa shape index (κ3) is 3.37. The highest BCUT2D eigenvalue weighted by Crippen LogP contribution is 2.19. The molecule has 0 aliphatic heterocycles. The smallest absolute Gasteiger partial charge is 0.313 e. The molecule has 0 saturated carbocycles. The molecule has 1 amide bonds. The average Bonchev–Trinajstić information content (AvgIpc) is 2.35.